The minimum Gasteiger partial charge on any atom is -0.320 e. The lowest BCUT2D eigenvalue weighted by molar-refractivity contribution is -0.117. The van der Waals surface area contributed by atoms with Crippen LogP contribution in [-0.2, 0) is 4.79 Å². The molecule has 1 amide bonds. The minimum absolute atomic E-state index is 0.114. The molecule has 1 atom stereocenters. The third kappa shape index (κ3) is 1.90. The van der Waals surface area contributed by atoms with Crippen LogP contribution in [0.3, 0.4) is 0 Å². The zero-order chi connectivity index (χ0) is 10.1. The lowest BCUT2D eigenvalue weighted by Gasteiger charge is -2.07. The molecule has 14 heavy (non-hydrogen) atoms. The molecular formula is C8H12N4O2. The van der Waals surface area contributed by atoms with Gasteiger partial charge in [0.05, 0.1) is 6.04 Å². The summed E-state index contributed by atoms with van der Waals surface area (Å²) in [6.07, 6.45) is 2.05. The van der Waals surface area contributed by atoms with E-state index < -0.39 is 6.04 Å². The molecule has 1 saturated carbocycles. The first-order valence-electron chi connectivity index (χ1n) is 4.53. The van der Waals surface area contributed by atoms with Gasteiger partial charge in [0.2, 0.25) is 5.91 Å². The Morgan fingerprint density at radius 1 is 1.71 bits per heavy atom. The van der Waals surface area contributed by atoms with E-state index in [-0.39, 0.29) is 11.9 Å². The van der Waals surface area contributed by atoms with Crippen molar-refractivity contribution in [3.63, 3.8) is 0 Å². The van der Waals surface area contributed by atoms with Gasteiger partial charge in [0.15, 0.2) is 5.82 Å². The van der Waals surface area contributed by atoms with Gasteiger partial charge in [-0.3, -0.25) is 10.1 Å². The highest BCUT2D eigenvalue weighted by atomic mass is 16.5. The highest BCUT2D eigenvalue weighted by Gasteiger charge is 2.33. The minimum atomic E-state index is -0.456. The Bertz CT molecular complexity index is 345. The van der Waals surface area contributed by atoms with E-state index in [4.69, 9.17) is 10.3 Å². The van der Waals surface area contributed by atoms with Crippen LogP contribution in [0.5, 0.6) is 0 Å². The summed E-state index contributed by atoms with van der Waals surface area (Å²) in [6.45, 7) is 1.68. The summed E-state index contributed by atoms with van der Waals surface area (Å²) in [5.74, 6) is 0.551. The maximum Gasteiger partial charge on any atom is 0.328 e. The highest BCUT2D eigenvalue weighted by Crippen LogP contribution is 2.31. The van der Waals surface area contributed by atoms with Gasteiger partial charge in [-0.05, 0) is 25.7 Å². The fraction of sp³-hybridized carbons (Fsp3) is 0.625. The van der Waals surface area contributed by atoms with Crippen LogP contribution in [0.1, 0.15) is 18.7 Å². The van der Waals surface area contributed by atoms with Crippen molar-refractivity contribution in [1.82, 2.24) is 10.1 Å². The highest BCUT2D eigenvalue weighted by molar-refractivity contribution is 5.93. The Kier molecular flexibility index (Phi) is 2.20. The van der Waals surface area contributed by atoms with Crippen molar-refractivity contribution >= 4 is 11.9 Å². The molecule has 1 unspecified atom stereocenters. The molecule has 0 saturated heterocycles. The van der Waals surface area contributed by atoms with Gasteiger partial charge in [-0.25, -0.2) is 0 Å². The third-order valence-electron chi connectivity index (χ3n) is 2.19. The van der Waals surface area contributed by atoms with Crippen LogP contribution in [0.2, 0.25) is 0 Å². The van der Waals surface area contributed by atoms with E-state index in [0.29, 0.717) is 11.7 Å². The standard InChI is InChI=1S/C8H12N4O2/c1-4-10-8(14-12-4)11-7(13)6(9)5-2-3-5/h5-6H,2-3,9H2,1H3,(H,10,11,12,13). The zero-order valence-electron chi connectivity index (χ0n) is 7.86. The molecule has 0 aromatic carbocycles. The first-order chi connectivity index (χ1) is 6.66. The van der Waals surface area contributed by atoms with Gasteiger partial charge in [0.1, 0.15) is 0 Å². The van der Waals surface area contributed by atoms with Crippen LogP contribution in [0.4, 0.5) is 6.01 Å². The molecule has 1 fully saturated rings. The van der Waals surface area contributed by atoms with Gasteiger partial charge in [-0.15, -0.1) is 0 Å². The van der Waals surface area contributed by atoms with Crippen molar-refractivity contribution in [2.24, 2.45) is 11.7 Å². The van der Waals surface area contributed by atoms with Crippen molar-refractivity contribution in [3.05, 3.63) is 5.82 Å². The molecule has 6 nitrogen and oxygen atoms in total. The van der Waals surface area contributed by atoms with Gasteiger partial charge in [0, 0.05) is 0 Å². The number of aromatic nitrogens is 2. The predicted octanol–water partition coefficient (Wildman–Crippen LogP) is 0.0538. The lowest BCUT2D eigenvalue weighted by Crippen LogP contribution is -2.37. The largest absolute Gasteiger partial charge is 0.328 e. The second-order valence-electron chi connectivity index (χ2n) is 3.50. The lowest BCUT2D eigenvalue weighted by atomic mass is 10.2. The molecule has 1 heterocycles. The first-order valence-corrected chi connectivity index (χ1v) is 4.53. The number of nitrogens with one attached hydrogen (secondary N) is 1. The molecule has 0 radical (unpaired) electrons. The molecular weight excluding hydrogens is 184 g/mol. The monoisotopic (exact) mass is 196 g/mol. The maximum absolute atomic E-state index is 11.4. The number of aryl methyl sites for hydroxylation is 1. The van der Waals surface area contributed by atoms with E-state index >= 15 is 0 Å². The summed E-state index contributed by atoms with van der Waals surface area (Å²) in [4.78, 5) is 15.3. The number of amides is 1. The topological polar surface area (TPSA) is 94.0 Å². The van der Waals surface area contributed by atoms with E-state index in [1.807, 2.05) is 0 Å². The van der Waals surface area contributed by atoms with Crippen LogP contribution in [-0.4, -0.2) is 22.1 Å². The molecule has 6 heteroatoms. The number of carbonyl (C=O) groups is 1. The summed E-state index contributed by atoms with van der Waals surface area (Å²) < 4.78 is 4.74. The first kappa shape index (κ1) is 9.14. The van der Waals surface area contributed by atoms with E-state index in [0.717, 1.165) is 12.8 Å². The van der Waals surface area contributed by atoms with Gasteiger partial charge in [0.25, 0.3) is 0 Å². The fourth-order valence-corrected chi connectivity index (χ4v) is 1.21. The number of rotatable bonds is 3. The van der Waals surface area contributed by atoms with E-state index in [1.165, 1.54) is 0 Å². The second kappa shape index (κ2) is 3.38. The van der Waals surface area contributed by atoms with Gasteiger partial charge in [-0.1, -0.05) is 5.16 Å². The summed E-state index contributed by atoms with van der Waals surface area (Å²) in [7, 11) is 0. The van der Waals surface area contributed by atoms with Gasteiger partial charge in [-0.2, -0.15) is 4.98 Å². The molecule has 1 aliphatic rings. The number of nitrogens with two attached hydrogens (primary N) is 1. The average Bonchev–Trinajstić information content (AvgIpc) is 2.91. The normalized spacial score (nSPS) is 17.9. The van der Waals surface area contributed by atoms with Crippen LogP contribution in [0.25, 0.3) is 0 Å². The van der Waals surface area contributed by atoms with E-state index in [9.17, 15) is 4.79 Å². The Morgan fingerprint density at radius 2 is 2.43 bits per heavy atom. The van der Waals surface area contributed by atoms with Crippen molar-refractivity contribution in [3.8, 4) is 0 Å². The Labute approximate surface area is 80.9 Å². The zero-order valence-corrected chi connectivity index (χ0v) is 7.86. The number of hydrogen-bond acceptors (Lipinski definition) is 5. The van der Waals surface area contributed by atoms with Crippen molar-refractivity contribution in [2.45, 2.75) is 25.8 Å². The summed E-state index contributed by atoms with van der Waals surface area (Å²) in [5, 5.41) is 6.03. The SMILES string of the molecule is Cc1noc(NC(=O)C(N)C2CC2)n1. The molecule has 2 rings (SSSR count). The molecule has 1 aliphatic carbocycles. The second-order valence-corrected chi connectivity index (χ2v) is 3.50. The molecule has 1 aromatic heterocycles. The molecule has 76 valence electrons. The average molecular weight is 196 g/mol. The van der Waals surface area contributed by atoms with Gasteiger partial charge >= 0.3 is 6.01 Å². The van der Waals surface area contributed by atoms with E-state index in [2.05, 4.69) is 15.5 Å². The summed E-state index contributed by atoms with van der Waals surface area (Å²) >= 11 is 0. The van der Waals surface area contributed by atoms with Crippen LogP contribution < -0.4 is 11.1 Å². The van der Waals surface area contributed by atoms with Crippen molar-refractivity contribution in [2.75, 3.05) is 5.32 Å². The van der Waals surface area contributed by atoms with Gasteiger partial charge < -0.3 is 10.3 Å². The summed E-state index contributed by atoms with van der Waals surface area (Å²) in [6, 6.07) is -0.342. The fourth-order valence-electron chi connectivity index (χ4n) is 1.21. The van der Waals surface area contributed by atoms with Crippen LogP contribution >= 0.6 is 0 Å². The molecule has 3 N–H and O–H groups in total. The van der Waals surface area contributed by atoms with Crippen molar-refractivity contribution in [1.29, 1.82) is 0 Å². The van der Waals surface area contributed by atoms with Crippen LogP contribution in [0.15, 0.2) is 4.52 Å². The van der Waals surface area contributed by atoms with E-state index in [1.54, 1.807) is 6.92 Å². The van der Waals surface area contributed by atoms with Crippen molar-refractivity contribution < 1.29 is 9.32 Å². The predicted molar refractivity (Wildman–Crippen MR) is 48.4 cm³/mol. The molecule has 0 spiro atoms. The number of anilines is 1. The quantitative estimate of drug-likeness (QED) is 0.712. The smallest absolute Gasteiger partial charge is 0.320 e. The Morgan fingerprint density at radius 3 is 2.93 bits per heavy atom. The Balaban J connectivity index is 1.93. The van der Waals surface area contributed by atoms with Crippen LogP contribution in [0, 0.1) is 12.8 Å². The maximum atomic E-state index is 11.4. The Hall–Kier alpha value is -1.43. The summed E-state index contributed by atoms with van der Waals surface area (Å²) in [5.41, 5.74) is 5.68. The molecule has 0 bridgehead atoms. The third-order valence-corrected chi connectivity index (χ3v) is 2.19. The molecule has 1 aromatic rings. The number of nitrogens with zero attached hydrogens (tertiary/aromatic N) is 2. The number of hydrogen-bond donors (Lipinski definition) is 2. The number of carbonyl (C=O) groups excluding carboxylic acids is 1. The molecule has 0 aliphatic heterocycles.